The second-order valence-electron chi connectivity index (χ2n) is 11.4. The van der Waals surface area contributed by atoms with Crippen molar-refractivity contribution in [2.75, 3.05) is 6.61 Å². The predicted octanol–water partition coefficient (Wildman–Crippen LogP) is 11.9. The molecule has 0 fully saturated rings. The summed E-state index contributed by atoms with van der Waals surface area (Å²) in [4.78, 5) is 11.9. The van der Waals surface area contributed by atoms with Crippen molar-refractivity contribution in [1.82, 2.24) is 0 Å². The Bertz CT molecular complexity index is 456. The Morgan fingerprint density at radius 3 is 1.56 bits per heavy atom. The molecule has 0 bridgehead atoms. The van der Waals surface area contributed by atoms with E-state index in [1.165, 1.54) is 148 Å². The first kappa shape index (κ1) is 35.2. The number of unbranched alkanes of at least 4 members (excludes halogenated alkanes) is 20. The highest BCUT2D eigenvalue weighted by Crippen LogP contribution is 2.15. The molecule has 1 unspecified atom stereocenters. The lowest BCUT2D eigenvalue weighted by molar-refractivity contribution is -0.143. The quantitative estimate of drug-likeness (QED) is 0.0572. The highest BCUT2D eigenvalue weighted by molar-refractivity contribution is 5.69. The summed E-state index contributed by atoms with van der Waals surface area (Å²) in [5.41, 5.74) is 0. The van der Waals surface area contributed by atoms with E-state index in [0.717, 1.165) is 18.8 Å². The van der Waals surface area contributed by atoms with Crippen LogP contribution in [0, 0.1) is 5.92 Å². The number of hydrogen-bond donors (Lipinski definition) is 0. The minimum Gasteiger partial charge on any atom is -0.466 e. The van der Waals surface area contributed by atoms with Crippen LogP contribution in [0.4, 0.5) is 0 Å². The average Bonchev–Trinajstić information content (AvgIpc) is 2.88. The van der Waals surface area contributed by atoms with Crippen LogP contribution in [0.25, 0.3) is 0 Å². The Kier molecular flexibility index (Phi) is 29.8. The van der Waals surface area contributed by atoms with E-state index in [4.69, 9.17) is 4.74 Å². The van der Waals surface area contributed by atoms with Crippen LogP contribution >= 0.6 is 0 Å². The van der Waals surface area contributed by atoms with Crippen molar-refractivity contribution in [2.45, 2.75) is 188 Å². The molecule has 214 valence electrons. The van der Waals surface area contributed by atoms with Gasteiger partial charge in [0.2, 0.25) is 0 Å². The molecule has 1 atom stereocenters. The van der Waals surface area contributed by atoms with Gasteiger partial charge in [0, 0.05) is 6.42 Å². The number of esters is 1. The van der Waals surface area contributed by atoms with Gasteiger partial charge < -0.3 is 4.74 Å². The van der Waals surface area contributed by atoms with Gasteiger partial charge in [-0.3, -0.25) is 4.79 Å². The summed E-state index contributed by atoms with van der Waals surface area (Å²) in [7, 11) is 0. The summed E-state index contributed by atoms with van der Waals surface area (Å²) in [5.74, 6) is 0.920. The summed E-state index contributed by atoms with van der Waals surface area (Å²) in [6.45, 7) is 7.57. The molecule has 2 nitrogen and oxygen atoms in total. The number of hydrogen-bond acceptors (Lipinski definition) is 2. The second kappa shape index (κ2) is 30.4. The number of rotatable bonds is 29. The summed E-state index contributed by atoms with van der Waals surface area (Å²) in [6, 6.07) is 0. The maximum atomic E-state index is 11.9. The minimum atomic E-state index is 0.0176. The smallest absolute Gasteiger partial charge is 0.305 e. The maximum absolute atomic E-state index is 11.9. The molecule has 0 aliphatic rings. The molecule has 0 rings (SSSR count). The van der Waals surface area contributed by atoms with E-state index in [1.54, 1.807) is 0 Å². The zero-order chi connectivity index (χ0) is 26.4. The van der Waals surface area contributed by atoms with E-state index in [9.17, 15) is 4.79 Å². The molecule has 0 saturated heterocycles. The first-order valence-electron chi connectivity index (χ1n) is 16.5. The standard InChI is InChI=1S/C34H66O2/c1-4-6-7-8-9-10-11-12-13-14-15-16-17-18-22-25-28-31-34(35)36-32-29-26-23-20-19-21-24-27-30-33(3)5-2/h12-13,33H,4-11,14-32H2,1-3H3. The number of ether oxygens (including phenoxy) is 1. The molecule has 0 aromatic rings. The fraction of sp³-hybridized carbons (Fsp3) is 0.912. The average molecular weight is 507 g/mol. The molecular weight excluding hydrogens is 440 g/mol. The highest BCUT2D eigenvalue weighted by atomic mass is 16.5. The second-order valence-corrected chi connectivity index (χ2v) is 11.4. The van der Waals surface area contributed by atoms with E-state index < -0.39 is 0 Å². The predicted molar refractivity (Wildman–Crippen MR) is 161 cm³/mol. The van der Waals surface area contributed by atoms with Gasteiger partial charge in [-0.1, -0.05) is 155 Å². The molecular formula is C34H66O2. The summed E-state index contributed by atoms with van der Waals surface area (Å²) >= 11 is 0. The zero-order valence-electron chi connectivity index (χ0n) is 25.1. The van der Waals surface area contributed by atoms with E-state index >= 15 is 0 Å². The van der Waals surface area contributed by atoms with Gasteiger partial charge in [0.25, 0.3) is 0 Å². The minimum absolute atomic E-state index is 0.0176. The first-order chi connectivity index (χ1) is 17.7. The lowest BCUT2D eigenvalue weighted by Crippen LogP contribution is -2.05. The molecule has 0 N–H and O–H groups in total. The Balaban J connectivity index is 3.21. The van der Waals surface area contributed by atoms with Gasteiger partial charge in [0.15, 0.2) is 0 Å². The molecule has 2 heteroatoms. The molecule has 0 aromatic carbocycles. The molecule has 0 spiro atoms. The van der Waals surface area contributed by atoms with Crippen LogP contribution in [-0.2, 0) is 9.53 Å². The van der Waals surface area contributed by atoms with Crippen LogP contribution in [0.15, 0.2) is 12.2 Å². The number of allylic oxidation sites excluding steroid dienone is 2. The normalized spacial score (nSPS) is 12.4. The SMILES string of the molecule is CCCCCCCCC=CCCCCCCCCCC(=O)OCCCCCCCCCCC(C)CC. The fourth-order valence-electron chi connectivity index (χ4n) is 4.81. The van der Waals surface area contributed by atoms with Gasteiger partial charge in [-0.25, -0.2) is 0 Å². The van der Waals surface area contributed by atoms with Gasteiger partial charge in [-0.2, -0.15) is 0 Å². The number of carbonyl (C=O) groups excluding carboxylic acids is 1. The molecule has 0 aliphatic heterocycles. The van der Waals surface area contributed by atoms with Crippen molar-refractivity contribution in [3.05, 3.63) is 12.2 Å². The van der Waals surface area contributed by atoms with Crippen LogP contribution in [0.3, 0.4) is 0 Å². The third-order valence-electron chi connectivity index (χ3n) is 7.69. The van der Waals surface area contributed by atoms with Gasteiger partial charge in [0.1, 0.15) is 0 Å². The molecule has 0 saturated carbocycles. The zero-order valence-corrected chi connectivity index (χ0v) is 25.1. The highest BCUT2D eigenvalue weighted by Gasteiger charge is 2.03. The van der Waals surface area contributed by atoms with E-state index in [2.05, 4.69) is 32.9 Å². The van der Waals surface area contributed by atoms with Crippen molar-refractivity contribution in [2.24, 2.45) is 5.92 Å². The molecule has 36 heavy (non-hydrogen) atoms. The maximum Gasteiger partial charge on any atom is 0.305 e. The molecule has 0 aliphatic carbocycles. The van der Waals surface area contributed by atoms with E-state index in [0.29, 0.717) is 13.0 Å². The van der Waals surface area contributed by atoms with Crippen molar-refractivity contribution in [3.63, 3.8) is 0 Å². The molecule has 0 radical (unpaired) electrons. The van der Waals surface area contributed by atoms with Crippen molar-refractivity contribution < 1.29 is 9.53 Å². The van der Waals surface area contributed by atoms with E-state index in [-0.39, 0.29) is 5.97 Å². The lowest BCUT2D eigenvalue weighted by atomic mass is 10.00. The lowest BCUT2D eigenvalue weighted by Gasteiger charge is -2.07. The molecule has 0 aromatic heterocycles. The largest absolute Gasteiger partial charge is 0.466 e. The van der Waals surface area contributed by atoms with E-state index in [1.807, 2.05) is 0 Å². The van der Waals surface area contributed by atoms with Crippen LogP contribution in [0.1, 0.15) is 188 Å². The third kappa shape index (κ3) is 29.4. The van der Waals surface area contributed by atoms with Crippen LogP contribution in [0.5, 0.6) is 0 Å². The van der Waals surface area contributed by atoms with Crippen molar-refractivity contribution >= 4 is 5.97 Å². The van der Waals surface area contributed by atoms with Crippen LogP contribution < -0.4 is 0 Å². The first-order valence-corrected chi connectivity index (χ1v) is 16.5. The van der Waals surface area contributed by atoms with Gasteiger partial charge >= 0.3 is 5.97 Å². The molecule has 0 heterocycles. The Morgan fingerprint density at radius 1 is 0.583 bits per heavy atom. The van der Waals surface area contributed by atoms with Crippen LogP contribution in [0.2, 0.25) is 0 Å². The van der Waals surface area contributed by atoms with Gasteiger partial charge in [0.05, 0.1) is 6.61 Å². The van der Waals surface area contributed by atoms with Crippen LogP contribution in [-0.4, -0.2) is 12.6 Å². The summed E-state index contributed by atoms with van der Waals surface area (Å²) in [6.07, 6.45) is 38.2. The van der Waals surface area contributed by atoms with Crippen molar-refractivity contribution in [1.29, 1.82) is 0 Å². The van der Waals surface area contributed by atoms with Gasteiger partial charge in [-0.05, 0) is 44.4 Å². The van der Waals surface area contributed by atoms with Gasteiger partial charge in [-0.15, -0.1) is 0 Å². The Morgan fingerprint density at radius 2 is 1.03 bits per heavy atom. The summed E-state index contributed by atoms with van der Waals surface area (Å²) < 4.78 is 5.42. The summed E-state index contributed by atoms with van der Waals surface area (Å²) in [5, 5.41) is 0. The fourth-order valence-corrected chi connectivity index (χ4v) is 4.81. The Labute approximate surface area is 227 Å². The molecule has 0 amide bonds. The third-order valence-corrected chi connectivity index (χ3v) is 7.69. The monoisotopic (exact) mass is 507 g/mol. The Hall–Kier alpha value is -0.790. The van der Waals surface area contributed by atoms with Crippen molar-refractivity contribution in [3.8, 4) is 0 Å². The number of carbonyl (C=O) groups is 1. The topological polar surface area (TPSA) is 26.3 Å².